The van der Waals surface area contributed by atoms with Gasteiger partial charge in [0.1, 0.15) is 0 Å². The number of hydrogen-bond acceptors (Lipinski definition) is 4. The molecule has 1 aromatic carbocycles. The Morgan fingerprint density at radius 1 is 1.43 bits per heavy atom. The molecular formula is C14H16BrN3O3. The Balaban J connectivity index is 1.90. The third-order valence-corrected chi connectivity index (χ3v) is 5.02. The molecule has 0 aromatic heterocycles. The maximum atomic E-state index is 12.8. The quantitative estimate of drug-likeness (QED) is 0.653. The molecule has 2 unspecified atom stereocenters. The number of benzene rings is 1. The molecule has 3 rings (SSSR count). The second-order valence-electron chi connectivity index (χ2n) is 5.55. The average Bonchev–Trinajstić information content (AvgIpc) is 2.95. The Labute approximate surface area is 130 Å². The smallest absolute Gasteiger partial charge is 0.270 e. The van der Waals surface area contributed by atoms with Crippen molar-refractivity contribution in [3.8, 4) is 0 Å². The zero-order chi connectivity index (χ0) is 15.0. The van der Waals surface area contributed by atoms with Gasteiger partial charge in [-0.2, -0.15) is 0 Å². The summed E-state index contributed by atoms with van der Waals surface area (Å²) < 4.78 is 0.603. The van der Waals surface area contributed by atoms with Crippen molar-refractivity contribution in [3.63, 3.8) is 0 Å². The molecule has 6 nitrogen and oxygen atoms in total. The molecule has 1 N–H and O–H groups in total. The molecule has 7 heteroatoms. The predicted molar refractivity (Wildman–Crippen MR) is 81.2 cm³/mol. The summed E-state index contributed by atoms with van der Waals surface area (Å²) in [5, 5.41) is 14.2. The largest absolute Gasteiger partial charge is 0.334 e. The normalized spacial score (nSPS) is 24.7. The van der Waals surface area contributed by atoms with E-state index in [9.17, 15) is 14.9 Å². The lowest BCUT2D eigenvalue weighted by molar-refractivity contribution is -0.384. The van der Waals surface area contributed by atoms with Crippen LogP contribution in [0, 0.1) is 16.0 Å². The van der Waals surface area contributed by atoms with Crippen molar-refractivity contribution in [3.05, 3.63) is 38.3 Å². The molecule has 2 heterocycles. The molecule has 0 radical (unpaired) electrons. The SMILES string of the molecule is O=C(c1cc([N+](=O)[O-])ccc1Br)N1CCCC2CNCC21. The minimum atomic E-state index is -0.473. The molecule has 0 spiro atoms. The summed E-state index contributed by atoms with van der Waals surface area (Å²) in [7, 11) is 0. The Morgan fingerprint density at radius 2 is 2.24 bits per heavy atom. The van der Waals surface area contributed by atoms with Gasteiger partial charge in [-0.25, -0.2) is 0 Å². The van der Waals surface area contributed by atoms with Crippen LogP contribution in [0.15, 0.2) is 22.7 Å². The van der Waals surface area contributed by atoms with E-state index in [0.29, 0.717) is 16.0 Å². The number of amides is 1. The van der Waals surface area contributed by atoms with Crippen molar-refractivity contribution in [1.82, 2.24) is 10.2 Å². The van der Waals surface area contributed by atoms with E-state index >= 15 is 0 Å². The van der Waals surface area contributed by atoms with Crippen molar-refractivity contribution >= 4 is 27.5 Å². The molecule has 2 fully saturated rings. The number of nitro benzene ring substituents is 1. The molecule has 2 aliphatic rings. The van der Waals surface area contributed by atoms with Gasteiger partial charge in [-0.15, -0.1) is 0 Å². The zero-order valence-electron chi connectivity index (χ0n) is 11.4. The molecule has 1 amide bonds. The fourth-order valence-corrected chi connectivity index (χ4v) is 3.68. The van der Waals surface area contributed by atoms with E-state index in [1.165, 1.54) is 12.1 Å². The number of halogens is 1. The Bertz CT molecular complexity index is 593. The number of rotatable bonds is 2. The molecule has 2 atom stereocenters. The molecule has 112 valence electrons. The van der Waals surface area contributed by atoms with Crippen LogP contribution in [0.2, 0.25) is 0 Å². The number of nitrogens with zero attached hydrogens (tertiary/aromatic N) is 2. The highest BCUT2D eigenvalue weighted by Crippen LogP contribution is 2.30. The van der Waals surface area contributed by atoms with E-state index in [1.807, 2.05) is 4.90 Å². The highest BCUT2D eigenvalue weighted by atomic mass is 79.9. The average molecular weight is 354 g/mol. The number of likely N-dealkylation sites (tertiary alicyclic amines) is 1. The third-order valence-electron chi connectivity index (χ3n) is 4.33. The molecule has 0 bridgehead atoms. The first-order chi connectivity index (χ1) is 10.1. The van der Waals surface area contributed by atoms with Crippen LogP contribution in [0.1, 0.15) is 23.2 Å². The topological polar surface area (TPSA) is 75.5 Å². The van der Waals surface area contributed by atoms with Crippen molar-refractivity contribution in [2.45, 2.75) is 18.9 Å². The van der Waals surface area contributed by atoms with Gasteiger partial charge in [0.2, 0.25) is 0 Å². The van der Waals surface area contributed by atoms with Crippen molar-refractivity contribution in [2.24, 2.45) is 5.92 Å². The summed E-state index contributed by atoms with van der Waals surface area (Å²) in [5.74, 6) is 0.379. The lowest BCUT2D eigenvalue weighted by atomic mass is 9.91. The van der Waals surface area contributed by atoms with E-state index in [4.69, 9.17) is 0 Å². The van der Waals surface area contributed by atoms with Crippen molar-refractivity contribution in [1.29, 1.82) is 0 Å². The van der Waals surface area contributed by atoms with Gasteiger partial charge in [-0.3, -0.25) is 14.9 Å². The monoisotopic (exact) mass is 353 g/mol. The van der Waals surface area contributed by atoms with E-state index < -0.39 is 4.92 Å². The summed E-state index contributed by atoms with van der Waals surface area (Å²) in [6.45, 7) is 2.48. The maximum Gasteiger partial charge on any atom is 0.270 e. The van der Waals surface area contributed by atoms with Crippen LogP contribution in [0.3, 0.4) is 0 Å². The fraction of sp³-hybridized carbons (Fsp3) is 0.500. The van der Waals surface area contributed by atoms with Gasteiger partial charge in [0.05, 0.1) is 10.5 Å². The molecule has 21 heavy (non-hydrogen) atoms. The van der Waals surface area contributed by atoms with Crippen LogP contribution < -0.4 is 5.32 Å². The zero-order valence-corrected chi connectivity index (χ0v) is 13.0. The first-order valence-electron chi connectivity index (χ1n) is 7.03. The Hall–Kier alpha value is -1.47. The lowest BCUT2D eigenvalue weighted by Crippen LogP contribution is -2.48. The van der Waals surface area contributed by atoms with Crippen LogP contribution in [0.5, 0.6) is 0 Å². The highest BCUT2D eigenvalue weighted by molar-refractivity contribution is 9.10. The number of carbonyl (C=O) groups is 1. The number of nitrogens with one attached hydrogen (secondary N) is 1. The summed E-state index contributed by atoms with van der Waals surface area (Å²) in [6, 6.07) is 4.53. The fourth-order valence-electron chi connectivity index (χ4n) is 3.27. The Kier molecular flexibility index (Phi) is 3.95. The number of hydrogen-bond donors (Lipinski definition) is 1. The molecular weight excluding hydrogens is 338 g/mol. The van der Waals surface area contributed by atoms with Crippen LogP contribution in [0.25, 0.3) is 0 Å². The number of piperidine rings is 1. The number of fused-ring (bicyclic) bond motifs is 1. The number of non-ortho nitro benzene ring substituents is 1. The predicted octanol–water partition coefficient (Wildman–Crippen LogP) is 2.18. The van der Waals surface area contributed by atoms with Crippen LogP contribution in [0.4, 0.5) is 5.69 Å². The first kappa shape index (κ1) is 14.5. The van der Waals surface area contributed by atoms with Gasteiger partial charge >= 0.3 is 0 Å². The molecule has 2 aliphatic heterocycles. The van der Waals surface area contributed by atoms with Gasteiger partial charge in [0.25, 0.3) is 11.6 Å². The Morgan fingerprint density at radius 3 is 3.00 bits per heavy atom. The summed E-state index contributed by atoms with van der Waals surface area (Å²) in [6.07, 6.45) is 2.12. The van der Waals surface area contributed by atoms with Crippen molar-refractivity contribution in [2.75, 3.05) is 19.6 Å². The molecule has 2 saturated heterocycles. The van der Waals surface area contributed by atoms with Crippen LogP contribution in [-0.2, 0) is 0 Å². The molecule has 0 aliphatic carbocycles. The summed E-state index contributed by atoms with van der Waals surface area (Å²) in [5.41, 5.74) is 0.316. The minimum absolute atomic E-state index is 0.0559. The van der Waals surface area contributed by atoms with Crippen LogP contribution >= 0.6 is 15.9 Å². The van der Waals surface area contributed by atoms with Crippen molar-refractivity contribution < 1.29 is 9.72 Å². The molecule has 0 saturated carbocycles. The minimum Gasteiger partial charge on any atom is -0.334 e. The number of nitro groups is 1. The van der Waals surface area contributed by atoms with E-state index in [0.717, 1.165) is 32.5 Å². The van der Waals surface area contributed by atoms with E-state index in [2.05, 4.69) is 21.2 Å². The van der Waals surface area contributed by atoms with Gasteiger partial charge in [0, 0.05) is 42.3 Å². The standard InChI is InChI=1S/C14H16BrN3O3/c15-12-4-3-10(18(20)21)6-11(12)14(19)17-5-1-2-9-7-16-8-13(9)17/h3-4,6,9,13,16H,1-2,5,7-8H2. The third kappa shape index (κ3) is 2.67. The van der Waals surface area contributed by atoms with Gasteiger partial charge in [0.15, 0.2) is 0 Å². The number of carbonyl (C=O) groups excluding carboxylic acids is 1. The van der Waals surface area contributed by atoms with Gasteiger partial charge < -0.3 is 10.2 Å². The first-order valence-corrected chi connectivity index (χ1v) is 7.83. The molecule has 1 aromatic rings. The second-order valence-corrected chi connectivity index (χ2v) is 6.40. The summed E-state index contributed by atoms with van der Waals surface area (Å²) in [4.78, 5) is 25.1. The lowest BCUT2D eigenvalue weighted by Gasteiger charge is -2.37. The van der Waals surface area contributed by atoms with E-state index in [1.54, 1.807) is 6.07 Å². The maximum absolute atomic E-state index is 12.8. The van der Waals surface area contributed by atoms with Gasteiger partial charge in [-0.05, 0) is 40.8 Å². The highest BCUT2D eigenvalue weighted by Gasteiger charge is 2.38. The second kappa shape index (κ2) is 5.73. The summed E-state index contributed by atoms with van der Waals surface area (Å²) >= 11 is 3.33. The van der Waals surface area contributed by atoms with E-state index in [-0.39, 0.29) is 17.6 Å². The van der Waals surface area contributed by atoms with Gasteiger partial charge in [-0.1, -0.05) is 0 Å². The van der Waals surface area contributed by atoms with Crippen LogP contribution in [-0.4, -0.2) is 41.4 Å².